The number of halogens is 2. The second-order valence-corrected chi connectivity index (χ2v) is 3.33. The highest BCUT2D eigenvalue weighted by Crippen LogP contribution is 2.23. The maximum atomic E-state index is 13.4. The van der Waals surface area contributed by atoms with Gasteiger partial charge in [-0.25, -0.2) is 8.78 Å². The van der Waals surface area contributed by atoms with Crippen LogP contribution in [0.2, 0.25) is 0 Å². The molecule has 1 heterocycles. The molecule has 1 aromatic heterocycles. The van der Waals surface area contributed by atoms with E-state index in [0.717, 1.165) is 18.2 Å². The molecule has 0 amide bonds. The Kier molecular flexibility index (Phi) is 2.96. The first-order chi connectivity index (χ1) is 7.70. The van der Waals surface area contributed by atoms with Crippen LogP contribution in [0, 0.1) is 11.6 Å². The van der Waals surface area contributed by atoms with Gasteiger partial charge in [-0.15, -0.1) is 0 Å². The van der Waals surface area contributed by atoms with E-state index >= 15 is 0 Å². The SMILES string of the molecule is CNCc1cc(-c2cc(F)ccc2F)no1. The Morgan fingerprint density at radius 3 is 2.88 bits per heavy atom. The Hall–Kier alpha value is -1.75. The lowest BCUT2D eigenvalue weighted by atomic mass is 10.1. The smallest absolute Gasteiger partial charge is 0.151 e. The summed E-state index contributed by atoms with van der Waals surface area (Å²) >= 11 is 0. The van der Waals surface area contributed by atoms with Crippen LogP contribution in [0.4, 0.5) is 8.78 Å². The second-order valence-electron chi connectivity index (χ2n) is 3.33. The fraction of sp³-hybridized carbons (Fsp3) is 0.182. The number of rotatable bonds is 3. The molecule has 0 aliphatic heterocycles. The van der Waals surface area contributed by atoms with Crippen molar-refractivity contribution in [1.82, 2.24) is 10.5 Å². The molecule has 5 heteroatoms. The van der Waals surface area contributed by atoms with Gasteiger partial charge in [-0.2, -0.15) is 0 Å². The molecule has 0 aliphatic carbocycles. The van der Waals surface area contributed by atoms with Crippen LogP contribution in [-0.4, -0.2) is 12.2 Å². The van der Waals surface area contributed by atoms with Crippen molar-refractivity contribution in [3.8, 4) is 11.3 Å². The first kappa shape index (κ1) is 10.8. The molecule has 0 fully saturated rings. The molecule has 16 heavy (non-hydrogen) atoms. The van der Waals surface area contributed by atoms with Crippen LogP contribution in [0.25, 0.3) is 11.3 Å². The van der Waals surface area contributed by atoms with E-state index in [2.05, 4.69) is 10.5 Å². The van der Waals surface area contributed by atoms with Gasteiger partial charge in [0.1, 0.15) is 17.3 Å². The second kappa shape index (κ2) is 4.40. The Balaban J connectivity index is 2.38. The van der Waals surface area contributed by atoms with E-state index in [0.29, 0.717) is 18.0 Å². The van der Waals surface area contributed by atoms with E-state index < -0.39 is 11.6 Å². The van der Waals surface area contributed by atoms with Gasteiger partial charge in [0.25, 0.3) is 0 Å². The van der Waals surface area contributed by atoms with Gasteiger partial charge in [0.05, 0.1) is 6.54 Å². The molecule has 0 aliphatic rings. The molecular formula is C11H10F2N2O. The van der Waals surface area contributed by atoms with E-state index in [1.165, 1.54) is 0 Å². The molecule has 2 rings (SSSR count). The lowest BCUT2D eigenvalue weighted by molar-refractivity contribution is 0.379. The minimum atomic E-state index is -0.522. The topological polar surface area (TPSA) is 38.1 Å². The highest BCUT2D eigenvalue weighted by Gasteiger charge is 2.11. The standard InChI is InChI=1S/C11H10F2N2O/c1-14-6-8-5-11(15-16-8)9-4-7(12)2-3-10(9)13/h2-5,14H,6H2,1H3. The van der Waals surface area contributed by atoms with Gasteiger partial charge in [-0.3, -0.25) is 0 Å². The average Bonchev–Trinajstić information content (AvgIpc) is 2.71. The van der Waals surface area contributed by atoms with Crippen LogP contribution in [0.5, 0.6) is 0 Å². The normalized spacial score (nSPS) is 10.7. The van der Waals surface area contributed by atoms with E-state index in [4.69, 9.17) is 4.52 Å². The molecule has 84 valence electrons. The first-order valence-corrected chi connectivity index (χ1v) is 4.76. The molecule has 1 aromatic carbocycles. The quantitative estimate of drug-likeness (QED) is 0.869. The summed E-state index contributed by atoms with van der Waals surface area (Å²) in [6.45, 7) is 0.490. The zero-order chi connectivity index (χ0) is 11.5. The molecule has 0 unspecified atom stereocenters. The lowest BCUT2D eigenvalue weighted by Gasteiger charge is -1.97. The van der Waals surface area contributed by atoms with Crippen molar-refractivity contribution in [2.24, 2.45) is 0 Å². The van der Waals surface area contributed by atoms with Gasteiger partial charge in [0.2, 0.25) is 0 Å². The third-order valence-corrected chi connectivity index (χ3v) is 2.11. The van der Waals surface area contributed by atoms with Gasteiger partial charge in [0.15, 0.2) is 5.76 Å². The zero-order valence-corrected chi connectivity index (χ0v) is 8.63. The van der Waals surface area contributed by atoms with Gasteiger partial charge >= 0.3 is 0 Å². The maximum absolute atomic E-state index is 13.4. The van der Waals surface area contributed by atoms with Gasteiger partial charge in [-0.05, 0) is 25.2 Å². The number of hydrogen-bond donors (Lipinski definition) is 1. The Morgan fingerprint density at radius 1 is 1.31 bits per heavy atom. The molecule has 0 saturated heterocycles. The van der Waals surface area contributed by atoms with E-state index in [-0.39, 0.29) is 5.56 Å². The van der Waals surface area contributed by atoms with Crippen molar-refractivity contribution >= 4 is 0 Å². The largest absolute Gasteiger partial charge is 0.359 e. The number of hydrogen-bond acceptors (Lipinski definition) is 3. The van der Waals surface area contributed by atoms with Crippen molar-refractivity contribution in [2.45, 2.75) is 6.54 Å². The predicted molar refractivity (Wildman–Crippen MR) is 54.6 cm³/mol. The van der Waals surface area contributed by atoms with Crippen LogP contribution in [0.3, 0.4) is 0 Å². The summed E-state index contributed by atoms with van der Waals surface area (Å²) in [6.07, 6.45) is 0. The molecule has 2 aromatic rings. The summed E-state index contributed by atoms with van der Waals surface area (Å²) in [4.78, 5) is 0. The predicted octanol–water partition coefficient (Wildman–Crippen LogP) is 2.34. The van der Waals surface area contributed by atoms with Crippen LogP contribution in [-0.2, 0) is 6.54 Å². The first-order valence-electron chi connectivity index (χ1n) is 4.76. The van der Waals surface area contributed by atoms with Crippen LogP contribution >= 0.6 is 0 Å². The van der Waals surface area contributed by atoms with Gasteiger partial charge in [-0.1, -0.05) is 5.16 Å². The van der Waals surface area contributed by atoms with Gasteiger partial charge in [0, 0.05) is 11.6 Å². The summed E-state index contributed by atoms with van der Waals surface area (Å²) in [5.41, 5.74) is 0.397. The van der Waals surface area contributed by atoms with Crippen molar-refractivity contribution in [3.05, 3.63) is 41.7 Å². The molecule has 1 N–H and O–H groups in total. The minimum Gasteiger partial charge on any atom is -0.359 e. The molecule has 0 atom stereocenters. The number of nitrogens with zero attached hydrogens (tertiary/aromatic N) is 1. The Labute approximate surface area is 91.1 Å². The molecule has 0 bridgehead atoms. The zero-order valence-electron chi connectivity index (χ0n) is 8.63. The maximum Gasteiger partial charge on any atom is 0.151 e. The van der Waals surface area contributed by atoms with Crippen LogP contribution in [0.1, 0.15) is 5.76 Å². The van der Waals surface area contributed by atoms with Gasteiger partial charge < -0.3 is 9.84 Å². The van der Waals surface area contributed by atoms with E-state index in [1.54, 1.807) is 13.1 Å². The summed E-state index contributed by atoms with van der Waals surface area (Å²) in [5.74, 6) is -0.457. The Morgan fingerprint density at radius 2 is 2.12 bits per heavy atom. The minimum absolute atomic E-state index is 0.103. The third kappa shape index (κ3) is 2.09. The lowest BCUT2D eigenvalue weighted by Crippen LogP contribution is -2.03. The van der Waals surface area contributed by atoms with Crippen molar-refractivity contribution in [3.63, 3.8) is 0 Å². The highest BCUT2D eigenvalue weighted by molar-refractivity contribution is 5.59. The fourth-order valence-electron chi connectivity index (χ4n) is 1.39. The summed E-state index contributed by atoms with van der Waals surface area (Å²) in [5, 5.41) is 6.56. The number of benzene rings is 1. The highest BCUT2D eigenvalue weighted by atomic mass is 19.1. The third-order valence-electron chi connectivity index (χ3n) is 2.11. The molecule has 0 saturated carbocycles. The summed E-state index contributed by atoms with van der Waals surface area (Å²) in [6, 6.07) is 4.80. The van der Waals surface area contributed by atoms with Crippen LogP contribution < -0.4 is 5.32 Å². The van der Waals surface area contributed by atoms with Crippen molar-refractivity contribution in [1.29, 1.82) is 0 Å². The Bertz CT molecular complexity index is 496. The van der Waals surface area contributed by atoms with E-state index in [9.17, 15) is 8.78 Å². The van der Waals surface area contributed by atoms with Crippen molar-refractivity contribution in [2.75, 3.05) is 7.05 Å². The fourth-order valence-corrected chi connectivity index (χ4v) is 1.39. The molecular weight excluding hydrogens is 214 g/mol. The number of nitrogens with one attached hydrogen (secondary N) is 1. The number of aromatic nitrogens is 1. The molecule has 3 nitrogen and oxygen atoms in total. The average molecular weight is 224 g/mol. The summed E-state index contributed by atoms with van der Waals surface area (Å²) in [7, 11) is 1.75. The van der Waals surface area contributed by atoms with Crippen LogP contribution in [0.15, 0.2) is 28.8 Å². The monoisotopic (exact) mass is 224 g/mol. The summed E-state index contributed by atoms with van der Waals surface area (Å²) < 4.78 is 31.3. The van der Waals surface area contributed by atoms with Crippen molar-refractivity contribution < 1.29 is 13.3 Å². The molecule has 0 spiro atoms. The van der Waals surface area contributed by atoms with E-state index in [1.807, 2.05) is 0 Å². The molecule has 0 radical (unpaired) electrons.